The molecule has 1 aromatic carbocycles. The Kier molecular flexibility index (Phi) is 9.38. The zero-order valence-corrected chi connectivity index (χ0v) is 21.8. The van der Waals surface area contributed by atoms with Crippen LogP contribution < -0.4 is 11.1 Å². The van der Waals surface area contributed by atoms with Gasteiger partial charge in [-0.2, -0.15) is 52.7 Å². The summed E-state index contributed by atoms with van der Waals surface area (Å²) in [4.78, 5) is 29.9. The highest BCUT2D eigenvalue weighted by Crippen LogP contribution is 2.51. The number of carbonyl (C=O) groups is 2. The number of benzene rings is 1. The summed E-state index contributed by atoms with van der Waals surface area (Å²) in [7, 11) is 0. The number of carboxylic acids is 1. The highest BCUT2D eigenvalue weighted by molar-refractivity contribution is 6.03. The van der Waals surface area contributed by atoms with Crippen molar-refractivity contribution in [1.29, 1.82) is 0 Å². The molecule has 0 saturated carbocycles. The molecule has 0 aliphatic carbocycles. The van der Waals surface area contributed by atoms with Crippen LogP contribution in [0.25, 0.3) is 5.65 Å². The maximum Gasteiger partial charge on any atom is 0.435 e. The Morgan fingerprint density at radius 1 is 0.956 bits per heavy atom. The predicted octanol–water partition coefficient (Wildman–Crippen LogP) is 5.28. The zero-order valence-electron chi connectivity index (χ0n) is 21.8. The first-order valence-electron chi connectivity index (χ1n) is 11.8. The van der Waals surface area contributed by atoms with E-state index in [4.69, 9.17) is 5.73 Å². The molecule has 0 saturated heterocycles. The Bertz CT molecular complexity index is 1580. The van der Waals surface area contributed by atoms with Gasteiger partial charge in [-0.3, -0.25) is 9.20 Å². The average molecular weight is 667 g/mol. The zero-order chi connectivity index (χ0) is 34.2. The molecular weight excluding hydrogens is 650 g/mol. The van der Waals surface area contributed by atoms with Crippen LogP contribution in [0.15, 0.2) is 47.9 Å². The molecule has 4 rings (SSSR count). The van der Waals surface area contributed by atoms with Crippen molar-refractivity contribution in [2.45, 2.75) is 36.7 Å². The van der Waals surface area contributed by atoms with E-state index < -0.39 is 84.1 Å². The first-order chi connectivity index (χ1) is 20.5. The maximum atomic E-state index is 14.2. The minimum atomic E-state index is -5.50. The molecule has 0 radical (unpaired) electrons. The quantitative estimate of drug-likeness (QED) is 0.318. The Balaban J connectivity index is 0.000000477. The molecule has 1 aliphatic heterocycles. The number of amides is 1. The van der Waals surface area contributed by atoms with E-state index in [2.05, 4.69) is 15.0 Å². The van der Waals surface area contributed by atoms with Crippen LogP contribution in [0.4, 0.5) is 52.7 Å². The Morgan fingerprint density at radius 3 is 2.00 bits per heavy atom. The smallest absolute Gasteiger partial charge is 0.435 e. The number of oxime groups is 1. The number of nitrogens with two attached hydrogens (primary N) is 1. The first-order valence-corrected chi connectivity index (χ1v) is 11.8. The van der Waals surface area contributed by atoms with Gasteiger partial charge < -0.3 is 21.0 Å². The summed E-state index contributed by atoms with van der Waals surface area (Å²) >= 11 is 0. The Hall–Kier alpha value is -4.56. The number of imidazole rings is 1. The fourth-order valence-corrected chi connectivity index (χ4v) is 3.92. The van der Waals surface area contributed by atoms with Gasteiger partial charge in [-0.1, -0.05) is 5.16 Å². The minimum Gasteiger partial charge on any atom is -0.478 e. The summed E-state index contributed by atoms with van der Waals surface area (Å²) in [6.45, 7) is -1.74. The second kappa shape index (κ2) is 12.1. The second-order valence-corrected chi connectivity index (χ2v) is 9.08. The molecule has 1 atom stereocenters. The van der Waals surface area contributed by atoms with E-state index in [0.717, 1.165) is 22.7 Å². The number of hydrogen-bond donors (Lipinski definition) is 3. The number of aromatic carboxylic acids is 1. The molecule has 21 heteroatoms. The molecule has 2 aromatic heterocycles. The molecule has 1 amide bonds. The highest BCUT2D eigenvalue weighted by Gasteiger charge is 2.63. The van der Waals surface area contributed by atoms with Crippen LogP contribution in [0.5, 0.6) is 0 Å². The minimum absolute atomic E-state index is 0.0679. The van der Waals surface area contributed by atoms with Crippen LogP contribution in [0.3, 0.4) is 0 Å². The van der Waals surface area contributed by atoms with Gasteiger partial charge in [0.25, 0.3) is 5.60 Å². The summed E-state index contributed by atoms with van der Waals surface area (Å²) in [5.41, 5.74) is -5.47. The van der Waals surface area contributed by atoms with Gasteiger partial charge in [-0.25, -0.2) is 9.78 Å². The summed E-state index contributed by atoms with van der Waals surface area (Å²) < 4.78 is 157. The van der Waals surface area contributed by atoms with Gasteiger partial charge in [-0.15, -0.1) is 0 Å². The SMILES string of the molecule is NCC(=O)NCC(F)(F)F.O=C(O)c1ccc(C2=NOC(c3cc(C(F)(F)F)cc(C(F)(F)F)c3)(C(F)(F)F)C2)n2ccnc12. The third-order valence-corrected chi connectivity index (χ3v) is 5.99. The molecule has 1 unspecified atom stereocenters. The lowest BCUT2D eigenvalue weighted by atomic mass is 9.85. The molecular formula is C24H17F12N5O4. The van der Waals surface area contributed by atoms with E-state index in [1.54, 1.807) is 5.32 Å². The first kappa shape index (κ1) is 34.9. The Labute approximate surface area is 242 Å². The topological polar surface area (TPSA) is 131 Å². The van der Waals surface area contributed by atoms with Crippen molar-refractivity contribution in [3.8, 4) is 0 Å². The number of nitrogens with zero attached hydrogens (tertiary/aromatic N) is 3. The van der Waals surface area contributed by atoms with E-state index in [1.165, 1.54) is 6.20 Å². The van der Waals surface area contributed by atoms with Gasteiger partial charge in [0.05, 0.1) is 29.8 Å². The van der Waals surface area contributed by atoms with E-state index in [0.29, 0.717) is 0 Å². The lowest BCUT2D eigenvalue weighted by molar-refractivity contribution is -0.276. The van der Waals surface area contributed by atoms with Gasteiger partial charge in [0, 0.05) is 18.0 Å². The van der Waals surface area contributed by atoms with Crippen molar-refractivity contribution in [2.75, 3.05) is 13.1 Å². The number of halogens is 12. The van der Waals surface area contributed by atoms with Crippen molar-refractivity contribution in [3.63, 3.8) is 0 Å². The molecule has 3 aromatic rings. The largest absolute Gasteiger partial charge is 0.478 e. The molecule has 45 heavy (non-hydrogen) atoms. The second-order valence-electron chi connectivity index (χ2n) is 9.08. The van der Waals surface area contributed by atoms with Crippen molar-refractivity contribution >= 4 is 23.2 Å². The summed E-state index contributed by atoms with van der Waals surface area (Å²) in [6, 6.07) is 1.65. The van der Waals surface area contributed by atoms with Crippen LogP contribution in [-0.4, -0.2) is 57.5 Å². The lowest BCUT2D eigenvalue weighted by Gasteiger charge is -2.30. The van der Waals surface area contributed by atoms with Gasteiger partial charge >= 0.3 is 30.7 Å². The average Bonchev–Trinajstić information content (AvgIpc) is 3.58. The fraction of sp³-hybridized carbons (Fsp3) is 0.333. The molecule has 4 N–H and O–H groups in total. The number of fused-ring (bicyclic) bond motifs is 1. The highest BCUT2D eigenvalue weighted by atomic mass is 19.4. The monoisotopic (exact) mass is 667 g/mol. The molecule has 0 bridgehead atoms. The van der Waals surface area contributed by atoms with Crippen molar-refractivity contribution < 1.29 is 72.2 Å². The van der Waals surface area contributed by atoms with Crippen LogP contribution >= 0.6 is 0 Å². The normalized spacial score (nSPS) is 17.3. The number of aromatic nitrogens is 2. The van der Waals surface area contributed by atoms with Crippen molar-refractivity contribution in [3.05, 3.63) is 70.7 Å². The number of pyridine rings is 1. The molecule has 246 valence electrons. The van der Waals surface area contributed by atoms with Crippen LogP contribution in [0.2, 0.25) is 0 Å². The number of hydrogen-bond acceptors (Lipinski definition) is 6. The van der Waals surface area contributed by atoms with Crippen molar-refractivity contribution in [2.24, 2.45) is 10.9 Å². The van der Waals surface area contributed by atoms with Crippen molar-refractivity contribution in [1.82, 2.24) is 14.7 Å². The Morgan fingerprint density at radius 2 is 1.53 bits per heavy atom. The number of nitrogens with one attached hydrogen (secondary N) is 1. The number of carboxylic acid groups (broad SMARTS) is 1. The number of rotatable bonds is 5. The molecule has 0 fully saturated rings. The van der Waals surface area contributed by atoms with E-state index in [1.807, 2.05) is 0 Å². The van der Waals surface area contributed by atoms with E-state index in [-0.39, 0.29) is 35.1 Å². The third kappa shape index (κ3) is 7.75. The molecule has 9 nitrogen and oxygen atoms in total. The third-order valence-electron chi connectivity index (χ3n) is 5.99. The summed E-state index contributed by atoms with van der Waals surface area (Å²) in [6.07, 6.45) is -19.6. The maximum absolute atomic E-state index is 14.2. The summed E-state index contributed by atoms with van der Waals surface area (Å²) in [5, 5.41) is 14.2. The van der Waals surface area contributed by atoms with Gasteiger partial charge in [0.1, 0.15) is 17.8 Å². The van der Waals surface area contributed by atoms with Crippen LogP contribution in [-0.2, 0) is 27.6 Å². The molecule has 3 heterocycles. The standard InChI is InChI=1S/C20H10F9N3O3.C4H7F3N2O/c21-18(22,23)10-5-9(6-11(7-10)19(24,25)26)17(20(27,28)29)8-13(31-35-17)14-2-1-12(16(33)34)15-30-3-4-32(14)15;5-4(6,7)2-9-3(10)1-8/h1-7H,8H2,(H,33,34);1-2,8H2,(H,9,10). The summed E-state index contributed by atoms with van der Waals surface area (Å²) in [5.74, 6) is -2.21. The van der Waals surface area contributed by atoms with Gasteiger partial charge in [0.15, 0.2) is 5.65 Å². The number of alkyl halides is 12. The van der Waals surface area contributed by atoms with E-state index in [9.17, 15) is 67.4 Å². The van der Waals surface area contributed by atoms with Gasteiger partial charge in [0.2, 0.25) is 5.91 Å². The van der Waals surface area contributed by atoms with Crippen LogP contribution in [0, 0.1) is 0 Å². The molecule has 0 spiro atoms. The lowest BCUT2D eigenvalue weighted by Crippen LogP contribution is -2.43. The van der Waals surface area contributed by atoms with E-state index >= 15 is 0 Å². The van der Waals surface area contributed by atoms with Crippen LogP contribution in [0.1, 0.15) is 39.2 Å². The predicted molar refractivity (Wildman–Crippen MR) is 127 cm³/mol. The molecule has 1 aliphatic rings. The number of carbonyl (C=O) groups excluding carboxylic acids is 1. The van der Waals surface area contributed by atoms with Gasteiger partial charge in [-0.05, 0) is 30.3 Å². The fourth-order valence-electron chi connectivity index (χ4n) is 3.92.